The number of hydrogen-bond acceptors (Lipinski definition) is 6. The number of rotatable bonds is 15. The molecule has 2 heterocycles. The van der Waals surface area contributed by atoms with Crippen molar-refractivity contribution in [3.8, 4) is 0 Å². The van der Waals surface area contributed by atoms with Crippen molar-refractivity contribution in [2.24, 2.45) is 0 Å². The molecule has 0 bridgehead atoms. The number of carbonyl (C=O) groups is 2. The van der Waals surface area contributed by atoms with Crippen molar-refractivity contribution in [1.29, 1.82) is 0 Å². The van der Waals surface area contributed by atoms with Crippen LogP contribution in [0.25, 0.3) is 0 Å². The van der Waals surface area contributed by atoms with Crippen LogP contribution in [-0.4, -0.2) is 54.3 Å². The van der Waals surface area contributed by atoms with Gasteiger partial charge in [-0.3, -0.25) is 13.8 Å². The lowest BCUT2D eigenvalue weighted by Crippen LogP contribution is -2.36. The molecule has 0 saturated carbocycles. The Balaban J connectivity index is 1.50. The van der Waals surface area contributed by atoms with Crippen molar-refractivity contribution in [2.75, 3.05) is 18.9 Å². The molecule has 30 heavy (non-hydrogen) atoms. The van der Waals surface area contributed by atoms with Crippen LogP contribution in [0.15, 0.2) is 0 Å². The Morgan fingerprint density at radius 2 is 2.13 bits per heavy atom. The molecular formula is C19H35FN3O5PS. The van der Waals surface area contributed by atoms with Crippen LogP contribution in [0, 0.1) is 0 Å². The van der Waals surface area contributed by atoms with E-state index in [2.05, 4.69) is 25.0 Å². The van der Waals surface area contributed by atoms with Gasteiger partial charge in [0.2, 0.25) is 5.91 Å². The SMILES string of the molecule is [2H]C([2H])([2H])C([2H])(OP(=O)(F)OCCCCCCNC(=O)CCCC[C@@H]1SC[C@@H]2NC(=O)N[C@@H]21)C([2H])([2H])[2H]. The third kappa shape index (κ3) is 9.54. The quantitative estimate of drug-likeness (QED) is 0.189. The zero-order chi connectivity index (χ0) is 27.9. The lowest BCUT2D eigenvalue weighted by atomic mass is 10.0. The maximum atomic E-state index is 14.1. The van der Waals surface area contributed by atoms with Gasteiger partial charge >= 0.3 is 13.9 Å². The molecule has 0 aromatic rings. The summed E-state index contributed by atoms with van der Waals surface area (Å²) in [6.07, 6.45) is 1.33. The summed E-state index contributed by atoms with van der Waals surface area (Å²) >= 11 is 1.84. The van der Waals surface area contributed by atoms with Crippen molar-refractivity contribution in [3.63, 3.8) is 0 Å². The number of amides is 3. The minimum Gasteiger partial charge on any atom is -0.356 e. The molecule has 3 N–H and O–H groups in total. The van der Waals surface area contributed by atoms with Crippen molar-refractivity contribution in [3.05, 3.63) is 0 Å². The summed E-state index contributed by atoms with van der Waals surface area (Å²) in [6, 6.07) is 0.245. The molecule has 0 aromatic carbocycles. The van der Waals surface area contributed by atoms with Gasteiger partial charge in [-0.1, -0.05) is 19.3 Å². The number of unbranched alkanes of at least 4 members (excludes halogenated alkanes) is 4. The largest absolute Gasteiger partial charge is 0.513 e. The van der Waals surface area contributed by atoms with E-state index in [1.165, 1.54) is 0 Å². The second-order valence-electron chi connectivity index (χ2n) is 7.32. The van der Waals surface area contributed by atoms with Crippen molar-refractivity contribution in [2.45, 2.75) is 88.5 Å². The zero-order valence-electron chi connectivity index (χ0n) is 23.8. The fraction of sp³-hybridized carbons (Fsp3) is 0.895. The Morgan fingerprint density at radius 1 is 1.33 bits per heavy atom. The van der Waals surface area contributed by atoms with E-state index in [4.69, 9.17) is 9.60 Å². The Labute approximate surface area is 192 Å². The average Bonchev–Trinajstić information content (AvgIpc) is 3.30. The van der Waals surface area contributed by atoms with E-state index in [1.807, 2.05) is 11.8 Å². The molecule has 2 aliphatic heterocycles. The van der Waals surface area contributed by atoms with Gasteiger partial charge in [0, 0.05) is 32.2 Å². The summed E-state index contributed by atoms with van der Waals surface area (Å²) in [4.78, 5) is 23.4. The summed E-state index contributed by atoms with van der Waals surface area (Å²) < 4.78 is 84.7. The monoisotopic (exact) mass is 474 g/mol. The predicted molar refractivity (Wildman–Crippen MR) is 116 cm³/mol. The van der Waals surface area contributed by atoms with E-state index in [0.29, 0.717) is 37.5 Å². The van der Waals surface area contributed by atoms with Crippen molar-refractivity contribution in [1.82, 2.24) is 16.0 Å². The van der Waals surface area contributed by atoms with Crippen LogP contribution in [0.5, 0.6) is 0 Å². The average molecular weight is 475 g/mol. The highest BCUT2D eigenvalue weighted by atomic mass is 32.2. The number of carbonyl (C=O) groups excluding carboxylic acids is 2. The molecule has 4 atom stereocenters. The lowest BCUT2D eigenvalue weighted by molar-refractivity contribution is -0.121. The van der Waals surface area contributed by atoms with E-state index < -0.39 is 34.3 Å². The Kier molecular flexibility index (Phi) is 7.20. The van der Waals surface area contributed by atoms with Gasteiger partial charge < -0.3 is 16.0 Å². The summed E-state index contributed by atoms with van der Waals surface area (Å²) in [5, 5.41) is 9.05. The predicted octanol–water partition coefficient (Wildman–Crippen LogP) is 3.91. The van der Waals surface area contributed by atoms with Crippen LogP contribution < -0.4 is 16.0 Å². The third-order valence-electron chi connectivity index (χ3n) is 4.92. The van der Waals surface area contributed by atoms with Gasteiger partial charge in [0.1, 0.15) is 0 Å². The van der Waals surface area contributed by atoms with Crippen LogP contribution >= 0.6 is 19.7 Å². The number of urea groups is 1. The standard InChI is InChI=1S/C19H35FN3O5PS/c1-14(2)28-29(20,26)27-12-8-4-3-7-11-21-17(24)10-6-5-9-16-18-15(13-30-16)22-19(25)23-18/h14-16,18H,3-13H2,1-2H3,(H,21,24)(H2,22,23,25)/t15-,16-,18-,29?/m0/s1/i1D3,2D3,14D. The molecule has 2 aliphatic rings. The topological polar surface area (TPSA) is 106 Å². The van der Waals surface area contributed by atoms with Crippen LogP contribution in [0.4, 0.5) is 8.99 Å². The number of nitrogens with one attached hydrogen (secondary N) is 3. The second-order valence-corrected chi connectivity index (χ2v) is 9.89. The minimum atomic E-state index is -5.60. The number of halogens is 1. The second kappa shape index (κ2) is 12.9. The molecule has 8 nitrogen and oxygen atoms in total. The smallest absolute Gasteiger partial charge is 0.356 e. The Hall–Kier alpha value is -0.830. The summed E-state index contributed by atoms with van der Waals surface area (Å²) in [7, 11) is -5.60. The molecule has 0 radical (unpaired) electrons. The van der Waals surface area contributed by atoms with E-state index in [0.717, 1.165) is 25.0 Å². The first-order chi connectivity index (χ1) is 17.1. The number of thioether (sulfide) groups is 1. The molecular weight excluding hydrogens is 432 g/mol. The third-order valence-corrected chi connectivity index (χ3v) is 7.32. The normalized spacial score (nSPS) is 29.6. The molecule has 3 amide bonds. The van der Waals surface area contributed by atoms with Gasteiger partial charge in [-0.2, -0.15) is 11.8 Å². The van der Waals surface area contributed by atoms with Gasteiger partial charge in [-0.25, -0.2) is 9.36 Å². The van der Waals surface area contributed by atoms with Gasteiger partial charge in [-0.15, -0.1) is 4.20 Å². The van der Waals surface area contributed by atoms with Gasteiger partial charge in [-0.05, 0) is 39.4 Å². The summed E-state index contributed by atoms with van der Waals surface area (Å²) in [5.74, 6) is 0.858. The lowest BCUT2D eigenvalue weighted by Gasteiger charge is -2.16. The number of fused-ring (bicyclic) bond motifs is 1. The maximum Gasteiger partial charge on any atom is 0.513 e. The Bertz CT molecular complexity index is 825. The van der Waals surface area contributed by atoms with Crippen molar-refractivity contribution >= 4 is 31.6 Å². The first-order valence-electron chi connectivity index (χ1n) is 13.7. The molecule has 2 rings (SSSR count). The first-order valence-corrected chi connectivity index (χ1v) is 12.6. The van der Waals surface area contributed by atoms with Crippen LogP contribution in [-0.2, 0) is 18.4 Å². The van der Waals surface area contributed by atoms with E-state index >= 15 is 0 Å². The molecule has 2 saturated heterocycles. The first kappa shape index (κ1) is 16.8. The van der Waals surface area contributed by atoms with E-state index in [1.54, 1.807) is 0 Å². The van der Waals surface area contributed by atoms with Crippen LogP contribution in [0.1, 0.15) is 74.7 Å². The van der Waals surface area contributed by atoms with E-state index in [9.17, 15) is 18.4 Å². The van der Waals surface area contributed by atoms with Gasteiger partial charge in [0.05, 0.1) is 26.1 Å². The molecule has 11 heteroatoms. The summed E-state index contributed by atoms with van der Waals surface area (Å²) in [5.41, 5.74) is 0. The van der Waals surface area contributed by atoms with Gasteiger partial charge in [0.15, 0.2) is 0 Å². The molecule has 0 aromatic heterocycles. The fourth-order valence-electron chi connectivity index (χ4n) is 3.48. The minimum absolute atomic E-state index is 0.0472. The molecule has 0 aliphatic carbocycles. The zero-order valence-corrected chi connectivity index (χ0v) is 18.5. The highest BCUT2D eigenvalue weighted by molar-refractivity contribution is 8.00. The highest BCUT2D eigenvalue weighted by Crippen LogP contribution is 2.51. The molecule has 174 valence electrons. The number of hydrogen-bond donors (Lipinski definition) is 3. The molecule has 0 spiro atoms. The maximum absolute atomic E-state index is 14.1. The van der Waals surface area contributed by atoms with Gasteiger partial charge in [0.25, 0.3) is 0 Å². The summed E-state index contributed by atoms with van der Waals surface area (Å²) in [6.45, 7) is -7.13. The van der Waals surface area contributed by atoms with E-state index in [-0.39, 0.29) is 30.4 Å². The van der Waals surface area contributed by atoms with Crippen LogP contribution in [0.2, 0.25) is 0 Å². The highest BCUT2D eigenvalue weighted by Gasteiger charge is 2.42. The fourth-order valence-corrected chi connectivity index (χ4v) is 5.64. The van der Waals surface area contributed by atoms with Crippen molar-refractivity contribution < 1.29 is 37.0 Å². The van der Waals surface area contributed by atoms with Crippen LogP contribution in [0.3, 0.4) is 0 Å². The molecule has 1 unspecified atom stereocenters. The Morgan fingerprint density at radius 3 is 2.93 bits per heavy atom. The molecule has 2 fully saturated rings.